The van der Waals surface area contributed by atoms with E-state index >= 15 is 0 Å². The smallest absolute Gasteiger partial charge is 0.190 e. The van der Waals surface area contributed by atoms with E-state index in [1.54, 1.807) is 0 Å². The van der Waals surface area contributed by atoms with Crippen LogP contribution in [0.2, 0.25) is 0 Å². The fourth-order valence-corrected chi connectivity index (χ4v) is 3.79. The van der Waals surface area contributed by atoms with Crippen LogP contribution in [0.4, 0.5) is 8.78 Å². The maximum atomic E-state index is 13.3. The van der Waals surface area contributed by atoms with E-state index in [-0.39, 0.29) is 5.75 Å². The van der Waals surface area contributed by atoms with Crippen LogP contribution in [0.15, 0.2) is 42.2 Å². The molecule has 140 valence electrons. The number of nitrogens with one attached hydrogen (secondary N) is 1. The summed E-state index contributed by atoms with van der Waals surface area (Å²) in [5, 5.41) is 3.32. The van der Waals surface area contributed by atoms with Crippen molar-refractivity contribution in [1.82, 2.24) is 15.1 Å². The Hall–Kier alpha value is -2.08. The summed E-state index contributed by atoms with van der Waals surface area (Å²) in [7, 11) is 0. The van der Waals surface area contributed by atoms with Crippen molar-refractivity contribution in [3.05, 3.63) is 53.9 Å². The summed E-state index contributed by atoms with van der Waals surface area (Å²) in [5.74, 6) is -0.0962. The van der Waals surface area contributed by atoms with Crippen molar-refractivity contribution in [3.8, 4) is 5.75 Å². The molecule has 0 aromatic heterocycles. The fraction of sp³-hybridized carbons (Fsp3) is 0.500. The molecule has 1 aromatic rings. The molecule has 4 nitrogen and oxygen atoms in total. The molecule has 1 unspecified atom stereocenters. The van der Waals surface area contributed by atoms with Gasteiger partial charge in [-0.15, -0.1) is 0 Å². The van der Waals surface area contributed by atoms with Gasteiger partial charge in [0.15, 0.2) is 6.23 Å². The molecule has 1 aliphatic carbocycles. The maximum Gasteiger partial charge on any atom is 0.190 e. The molecule has 4 rings (SSSR count). The summed E-state index contributed by atoms with van der Waals surface area (Å²) >= 11 is 0. The zero-order valence-electron chi connectivity index (χ0n) is 14.8. The predicted octanol–water partition coefficient (Wildman–Crippen LogP) is 3.23. The average Bonchev–Trinajstić information content (AvgIpc) is 2.79. The molecule has 1 saturated carbocycles. The highest BCUT2D eigenvalue weighted by molar-refractivity contribution is 5.26. The van der Waals surface area contributed by atoms with E-state index in [4.69, 9.17) is 4.74 Å². The molecule has 1 atom stereocenters. The number of hydrogen-bond acceptors (Lipinski definition) is 4. The van der Waals surface area contributed by atoms with Crippen LogP contribution in [-0.4, -0.2) is 48.2 Å². The van der Waals surface area contributed by atoms with Gasteiger partial charge in [0.1, 0.15) is 23.2 Å². The van der Waals surface area contributed by atoms with E-state index in [0.29, 0.717) is 0 Å². The molecule has 3 aliphatic rings. The molecule has 2 heterocycles. The zero-order chi connectivity index (χ0) is 17.9. The van der Waals surface area contributed by atoms with E-state index in [1.165, 1.54) is 31.4 Å². The van der Waals surface area contributed by atoms with Crippen molar-refractivity contribution in [2.45, 2.75) is 38.0 Å². The molecule has 1 N–H and O–H groups in total. The van der Waals surface area contributed by atoms with Crippen LogP contribution < -0.4 is 10.1 Å². The van der Waals surface area contributed by atoms with Gasteiger partial charge >= 0.3 is 0 Å². The van der Waals surface area contributed by atoms with Gasteiger partial charge in [-0.2, -0.15) is 0 Å². The van der Waals surface area contributed by atoms with Crippen molar-refractivity contribution >= 4 is 0 Å². The van der Waals surface area contributed by atoms with Gasteiger partial charge < -0.3 is 15.0 Å². The summed E-state index contributed by atoms with van der Waals surface area (Å²) in [5.41, 5.74) is 0. The van der Waals surface area contributed by atoms with Gasteiger partial charge in [0.25, 0.3) is 0 Å². The zero-order valence-corrected chi connectivity index (χ0v) is 14.8. The van der Waals surface area contributed by atoms with E-state index in [2.05, 4.69) is 15.1 Å². The van der Waals surface area contributed by atoms with Crippen molar-refractivity contribution in [1.29, 1.82) is 0 Å². The number of benzene rings is 1. The van der Waals surface area contributed by atoms with Crippen LogP contribution in [0.5, 0.6) is 5.75 Å². The topological polar surface area (TPSA) is 27.7 Å². The molecule has 0 spiro atoms. The van der Waals surface area contributed by atoms with Crippen molar-refractivity contribution in [3.63, 3.8) is 0 Å². The lowest BCUT2D eigenvalue weighted by Crippen LogP contribution is -2.44. The largest absolute Gasteiger partial charge is 0.467 e. The SMILES string of the molecule is Fc1cc(F)cc(OC2C=CC=C(N3CCCN(C4CCC4)CC3)N2)c1. The monoisotopic (exact) mass is 361 g/mol. The second-order valence-corrected chi connectivity index (χ2v) is 7.19. The number of allylic oxidation sites excluding steroid dienone is 2. The van der Waals surface area contributed by atoms with Crippen LogP contribution in [0.3, 0.4) is 0 Å². The summed E-state index contributed by atoms with van der Waals surface area (Å²) in [6.45, 7) is 4.21. The molecule has 1 aromatic carbocycles. The van der Waals surface area contributed by atoms with Gasteiger partial charge in [-0.05, 0) is 31.4 Å². The van der Waals surface area contributed by atoms with E-state index in [0.717, 1.165) is 50.5 Å². The second-order valence-electron chi connectivity index (χ2n) is 7.19. The third-order valence-electron chi connectivity index (χ3n) is 5.39. The number of nitrogens with zero attached hydrogens (tertiary/aromatic N) is 2. The minimum absolute atomic E-state index is 0.179. The van der Waals surface area contributed by atoms with Crippen LogP contribution in [0, 0.1) is 11.6 Å². The van der Waals surface area contributed by atoms with Gasteiger partial charge in [0.2, 0.25) is 0 Å². The van der Waals surface area contributed by atoms with E-state index in [1.807, 2.05) is 18.2 Å². The van der Waals surface area contributed by atoms with Crippen molar-refractivity contribution in [2.75, 3.05) is 26.2 Å². The quantitative estimate of drug-likeness (QED) is 0.891. The molecule has 2 fully saturated rings. The third-order valence-corrected chi connectivity index (χ3v) is 5.39. The minimum atomic E-state index is -0.640. The normalized spacial score (nSPS) is 24.5. The predicted molar refractivity (Wildman–Crippen MR) is 96.5 cm³/mol. The average molecular weight is 361 g/mol. The van der Waals surface area contributed by atoms with Crippen LogP contribution in [-0.2, 0) is 0 Å². The fourth-order valence-electron chi connectivity index (χ4n) is 3.79. The number of hydrogen-bond donors (Lipinski definition) is 1. The van der Waals surface area contributed by atoms with Crippen LogP contribution >= 0.6 is 0 Å². The first-order valence-corrected chi connectivity index (χ1v) is 9.44. The summed E-state index contributed by atoms with van der Waals surface area (Å²) in [6.07, 6.45) is 10.5. The highest BCUT2D eigenvalue weighted by atomic mass is 19.1. The lowest BCUT2D eigenvalue weighted by molar-refractivity contribution is 0.131. The first-order chi connectivity index (χ1) is 12.7. The Balaban J connectivity index is 1.36. The first kappa shape index (κ1) is 17.3. The number of halogens is 2. The van der Waals surface area contributed by atoms with Crippen molar-refractivity contribution in [2.24, 2.45) is 0 Å². The van der Waals surface area contributed by atoms with Gasteiger partial charge in [-0.1, -0.05) is 12.5 Å². The Kier molecular flexibility index (Phi) is 5.11. The number of dihydropyridines is 1. The maximum absolute atomic E-state index is 13.3. The number of ether oxygens (including phenoxy) is 1. The molecular weight excluding hydrogens is 336 g/mol. The van der Waals surface area contributed by atoms with Gasteiger partial charge in [-0.3, -0.25) is 4.90 Å². The molecule has 0 radical (unpaired) electrons. The number of rotatable bonds is 4. The molecule has 2 aliphatic heterocycles. The molecule has 1 saturated heterocycles. The Morgan fingerprint density at radius 2 is 1.77 bits per heavy atom. The molecular formula is C20H25F2N3O. The summed E-state index contributed by atoms with van der Waals surface area (Å²) in [4.78, 5) is 4.96. The van der Waals surface area contributed by atoms with Crippen LogP contribution in [0.1, 0.15) is 25.7 Å². The lowest BCUT2D eigenvalue weighted by Gasteiger charge is -2.37. The van der Waals surface area contributed by atoms with Crippen LogP contribution in [0.25, 0.3) is 0 Å². The lowest BCUT2D eigenvalue weighted by atomic mass is 9.91. The Morgan fingerprint density at radius 3 is 2.50 bits per heavy atom. The van der Waals surface area contributed by atoms with E-state index in [9.17, 15) is 8.78 Å². The Morgan fingerprint density at radius 1 is 0.962 bits per heavy atom. The molecule has 26 heavy (non-hydrogen) atoms. The first-order valence-electron chi connectivity index (χ1n) is 9.44. The third kappa shape index (κ3) is 4.01. The summed E-state index contributed by atoms with van der Waals surface area (Å²) < 4.78 is 32.4. The van der Waals surface area contributed by atoms with Gasteiger partial charge in [0, 0.05) is 50.4 Å². The standard InChI is InChI=1S/C20H25F2N3O/c21-15-12-16(22)14-18(13-15)26-20-7-2-6-19(23-20)25-9-3-8-24(10-11-25)17-4-1-5-17/h2,6-7,12-14,17,20,23H,1,3-5,8-11H2. The molecule has 0 amide bonds. The highest BCUT2D eigenvalue weighted by Crippen LogP contribution is 2.26. The second kappa shape index (κ2) is 7.66. The van der Waals surface area contributed by atoms with Gasteiger partial charge in [-0.25, -0.2) is 8.78 Å². The molecule has 0 bridgehead atoms. The Bertz CT molecular complexity index is 682. The minimum Gasteiger partial charge on any atom is -0.467 e. The van der Waals surface area contributed by atoms with Crippen molar-refractivity contribution < 1.29 is 13.5 Å². The molecule has 6 heteroatoms. The summed E-state index contributed by atoms with van der Waals surface area (Å²) in [6, 6.07) is 4.01. The van der Waals surface area contributed by atoms with E-state index < -0.39 is 17.9 Å². The van der Waals surface area contributed by atoms with Gasteiger partial charge in [0.05, 0.1) is 0 Å². The Labute approximate surface area is 153 Å². The highest BCUT2D eigenvalue weighted by Gasteiger charge is 2.27.